The summed E-state index contributed by atoms with van der Waals surface area (Å²) in [7, 11) is 0. The Hall–Kier alpha value is -3.09. The van der Waals surface area contributed by atoms with E-state index in [2.05, 4.69) is 5.32 Å². The van der Waals surface area contributed by atoms with Crippen molar-refractivity contribution >= 4 is 17.7 Å². The Balaban J connectivity index is 1.70. The number of carbonyl (C=O) groups is 3. The normalized spacial score (nSPS) is 15.0. The molecule has 1 fully saturated rings. The molecule has 1 heterocycles. The van der Waals surface area contributed by atoms with Crippen molar-refractivity contribution in [2.75, 3.05) is 6.54 Å². The Labute approximate surface area is 161 Å². The highest BCUT2D eigenvalue weighted by molar-refractivity contribution is 6.02. The summed E-state index contributed by atoms with van der Waals surface area (Å²) in [5.41, 5.74) is 1.20. The van der Waals surface area contributed by atoms with Gasteiger partial charge in [0.05, 0.1) is 6.04 Å². The van der Waals surface area contributed by atoms with Crippen LogP contribution in [0.4, 0.5) is 8.78 Å². The molecule has 0 aliphatic carbocycles. The highest BCUT2D eigenvalue weighted by atomic mass is 19.1. The zero-order chi connectivity index (χ0) is 20.1. The Bertz CT molecular complexity index is 885. The van der Waals surface area contributed by atoms with Gasteiger partial charge >= 0.3 is 0 Å². The first-order valence-corrected chi connectivity index (χ1v) is 9.05. The molecule has 146 valence electrons. The average Bonchev–Trinajstić information content (AvgIpc) is 2.97. The number of likely N-dealkylation sites (tertiary alicyclic amines) is 1. The molecule has 1 aliphatic heterocycles. The van der Waals surface area contributed by atoms with E-state index in [1.165, 1.54) is 30.3 Å². The molecule has 0 radical (unpaired) electrons. The molecule has 3 rings (SSSR count). The predicted molar refractivity (Wildman–Crippen MR) is 98.0 cm³/mol. The van der Waals surface area contributed by atoms with Crippen LogP contribution in [0.25, 0.3) is 0 Å². The van der Waals surface area contributed by atoms with E-state index in [1.54, 1.807) is 18.2 Å². The number of nitrogens with one attached hydrogen (secondary N) is 1. The van der Waals surface area contributed by atoms with E-state index >= 15 is 0 Å². The average molecular weight is 386 g/mol. The minimum absolute atomic E-state index is 0.0132. The zero-order valence-electron chi connectivity index (χ0n) is 15.2. The summed E-state index contributed by atoms with van der Waals surface area (Å²) in [5.74, 6) is -1.77. The van der Waals surface area contributed by atoms with Gasteiger partial charge in [0.15, 0.2) is 0 Å². The molecule has 1 atom stereocenters. The maximum absolute atomic E-state index is 13.7. The van der Waals surface area contributed by atoms with Gasteiger partial charge in [-0.25, -0.2) is 8.78 Å². The first-order chi connectivity index (χ1) is 13.4. The largest absolute Gasteiger partial charge is 0.349 e. The van der Waals surface area contributed by atoms with E-state index in [-0.39, 0.29) is 49.9 Å². The fraction of sp³-hybridized carbons (Fsp3) is 0.286. The second-order valence-electron chi connectivity index (χ2n) is 6.70. The van der Waals surface area contributed by atoms with Gasteiger partial charge in [-0.3, -0.25) is 19.3 Å². The van der Waals surface area contributed by atoms with E-state index < -0.39 is 17.7 Å². The maximum atomic E-state index is 13.7. The SMILES string of the molecule is O=C(CCN1C(=O)CCC1=O)NC(Cc1cccc(F)c1)c1cccc(F)c1. The summed E-state index contributed by atoms with van der Waals surface area (Å²) in [4.78, 5) is 36.8. The summed E-state index contributed by atoms with van der Waals surface area (Å²) >= 11 is 0. The zero-order valence-corrected chi connectivity index (χ0v) is 15.2. The van der Waals surface area contributed by atoms with Crippen LogP contribution in [0.1, 0.15) is 36.4 Å². The molecule has 0 bridgehead atoms. The molecule has 28 heavy (non-hydrogen) atoms. The van der Waals surface area contributed by atoms with E-state index in [4.69, 9.17) is 0 Å². The third kappa shape index (κ3) is 5.00. The quantitative estimate of drug-likeness (QED) is 0.744. The molecular formula is C21H20F2N2O3. The first-order valence-electron chi connectivity index (χ1n) is 9.05. The van der Waals surface area contributed by atoms with E-state index in [9.17, 15) is 23.2 Å². The number of imide groups is 1. The van der Waals surface area contributed by atoms with E-state index in [0.29, 0.717) is 11.1 Å². The van der Waals surface area contributed by atoms with Crippen LogP contribution in [-0.4, -0.2) is 29.2 Å². The summed E-state index contributed by atoms with van der Waals surface area (Å²) in [6.45, 7) is 0.0132. The number of nitrogens with zero attached hydrogens (tertiary/aromatic N) is 1. The number of amides is 3. The Morgan fingerprint density at radius 2 is 1.64 bits per heavy atom. The molecule has 0 saturated carbocycles. The van der Waals surface area contributed by atoms with Gasteiger partial charge in [0, 0.05) is 25.8 Å². The van der Waals surface area contributed by atoms with Crippen molar-refractivity contribution in [2.24, 2.45) is 0 Å². The number of halogens is 2. The molecule has 2 aromatic carbocycles. The standard InChI is InChI=1S/C21H20F2N2O3/c22-16-5-1-3-14(11-16)12-18(15-4-2-6-17(23)13-15)24-19(26)9-10-25-20(27)7-8-21(25)28/h1-6,11,13,18H,7-10,12H2,(H,24,26). The number of carbonyl (C=O) groups excluding carboxylic acids is 3. The van der Waals surface area contributed by atoms with Crippen molar-refractivity contribution in [3.63, 3.8) is 0 Å². The van der Waals surface area contributed by atoms with Crippen LogP contribution in [0.2, 0.25) is 0 Å². The number of rotatable bonds is 7. The molecule has 1 unspecified atom stereocenters. The fourth-order valence-corrected chi connectivity index (χ4v) is 3.23. The van der Waals surface area contributed by atoms with Crippen molar-refractivity contribution in [1.82, 2.24) is 10.2 Å². The minimum Gasteiger partial charge on any atom is -0.349 e. The lowest BCUT2D eigenvalue weighted by atomic mass is 9.98. The Kier molecular flexibility index (Phi) is 6.13. The van der Waals surface area contributed by atoms with Crippen molar-refractivity contribution in [1.29, 1.82) is 0 Å². The van der Waals surface area contributed by atoms with Gasteiger partial charge in [0.25, 0.3) is 0 Å². The second-order valence-corrected chi connectivity index (χ2v) is 6.70. The topological polar surface area (TPSA) is 66.5 Å². The lowest BCUT2D eigenvalue weighted by Crippen LogP contribution is -2.36. The highest BCUT2D eigenvalue weighted by Crippen LogP contribution is 2.20. The molecule has 5 nitrogen and oxygen atoms in total. The molecular weight excluding hydrogens is 366 g/mol. The van der Waals surface area contributed by atoms with E-state index in [1.807, 2.05) is 0 Å². The molecule has 0 aromatic heterocycles. The maximum Gasteiger partial charge on any atom is 0.229 e. The summed E-state index contributed by atoms with van der Waals surface area (Å²) in [6.07, 6.45) is 0.568. The molecule has 7 heteroatoms. The van der Waals surface area contributed by atoms with Crippen LogP contribution >= 0.6 is 0 Å². The van der Waals surface area contributed by atoms with Crippen molar-refractivity contribution < 1.29 is 23.2 Å². The van der Waals surface area contributed by atoms with Gasteiger partial charge in [-0.15, -0.1) is 0 Å². The molecule has 3 amide bonds. The van der Waals surface area contributed by atoms with Crippen LogP contribution in [0.5, 0.6) is 0 Å². The van der Waals surface area contributed by atoms with E-state index in [0.717, 1.165) is 4.90 Å². The Morgan fingerprint density at radius 1 is 1.00 bits per heavy atom. The van der Waals surface area contributed by atoms with Gasteiger partial charge in [-0.2, -0.15) is 0 Å². The molecule has 0 spiro atoms. The summed E-state index contributed by atoms with van der Waals surface area (Å²) in [6, 6.07) is 11.2. The summed E-state index contributed by atoms with van der Waals surface area (Å²) in [5, 5.41) is 2.80. The Morgan fingerprint density at radius 3 is 2.29 bits per heavy atom. The van der Waals surface area contributed by atoms with Gasteiger partial charge < -0.3 is 5.32 Å². The minimum atomic E-state index is -0.574. The monoisotopic (exact) mass is 386 g/mol. The molecule has 1 saturated heterocycles. The van der Waals surface area contributed by atoms with Gasteiger partial charge in [-0.1, -0.05) is 24.3 Å². The van der Waals surface area contributed by atoms with Crippen molar-refractivity contribution in [3.05, 3.63) is 71.3 Å². The molecule has 2 aromatic rings. The summed E-state index contributed by atoms with van der Waals surface area (Å²) < 4.78 is 27.1. The molecule has 1 aliphatic rings. The highest BCUT2D eigenvalue weighted by Gasteiger charge is 2.29. The second kappa shape index (κ2) is 8.73. The van der Waals surface area contributed by atoms with Crippen LogP contribution < -0.4 is 5.32 Å². The first kappa shape index (κ1) is 19.7. The predicted octanol–water partition coefficient (Wildman–Crippen LogP) is 2.90. The van der Waals surface area contributed by atoms with Crippen LogP contribution in [-0.2, 0) is 20.8 Å². The van der Waals surface area contributed by atoms with Gasteiger partial charge in [-0.05, 0) is 41.8 Å². The third-order valence-corrected chi connectivity index (χ3v) is 4.63. The van der Waals surface area contributed by atoms with Crippen LogP contribution in [0.3, 0.4) is 0 Å². The van der Waals surface area contributed by atoms with Gasteiger partial charge in [0.1, 0.15) is 11.6 Å². The third-order valence-electron chi connectivity index (χ3n) is 4.63. The smallest absolute Gasteiger partial charge is 0.229 e. The van der Waals surface area contributed by atoms with Crippen molar-refractivity contribution in [2.45, 2.75) is 31.7 Å². The van der Waals surface area contributed by atoms with Gasteiger partial charge in [0.2, 0.25) is 17.7 Å². The number of benzene rings is 2. The lowest BCUT2D eigenvalue weighted by molar-refractivity contribution is -0.138. The van der Waals surface area contributed by atoms with Crippen molar-refractivity contribution in [3.8, 4) is 0 Å². The fourth-order valence-electron chi connectivity index (χ4n) is 3.23. The lowest BCUT2D eigenvalue weighted by Gasteiger charge is -2.21. The van der Waals surface area contributed by atoms with Crippen LogP contribution in [0.15, 0.2) is 48.5 Å². The molecule has 1 N–H and O–H groups in total. The van der Waals surface area contributed by atoms with Crippen LogP contribution in [0, 0.1) is 11.6 Å². The number of hydrogen-bond donors (Lipinski definition) is 1. The number of hydrogen-bond acceptors (Lipinski definition) is 3.